The highest BCUT2D eigenvalue weighted by Gasteiger charge is 2.11. The van der Waals surface area contributed by atoms with Crippen molar-refractivity contribution in [2.75, 3.05) is 6.54 Å². The van der Waals surface area contributed by atoms with Crippen molar-refractivity contribution in [3.8, 4) is 0 Å². The molecule has 0 saturated carbocycles. The zero-order chi connectivity index (χ0) is 8.97. The predicted molar refractivity (Wildman–Crippen MR) is 38.7 cm³/mol. The number of hydrogen-bond acceptors (Lipinski definition) is 3. The topological polar surface area (TPSA) is 80.9 Å². The van der Waals surface area contributed by atoms with E-state index in [0.29, 0.717) is 18.7 Å². The standard InChI is InChI=1S/C8H11NO3/c9-5-6(8(10)11)4-7-2-1-3-12-7/h1-3,6H,4-5,9H2,(H,10,11)/t6-/m1/s1. The predicted octanol–water partition coefficient (Wildman–Crippen LogP) is -1.57. The molecule has 0 aliphatic carbocycles. The van der Waals surface area contributed by atoms with Crippen LogP contribution in [-0.2, 0) is 11.2 Å². The van der Waals surface area contributed by atoms with Gasteiger partial charge in [-0.15, -0.1) is 0 Å². The van der Waals surface area contributed by atoms with E-state index in [2.05, 4.69) is 5.73 Å². The maximum atomic E-state index is 10.5. The molecule has 4 nitrogen and oxygen atoms in total. The molecule has 0 fully saturated rings. The minimum Gasteiger partial charge on any atom is -0.550 e. The SMILES string of the molecule is [NH3+]C[C@@H](Cc1ccco1)C(=O)[O-]. The molecule has 1 heterocycles. The van der Waals surface area contributed by atoms with Gasteiger partial charge in [0.05, 0.1) is 24.7 Å². The summed E-state index contributed by atoms with van der Waals surface area (Å²) in [6, 6.07) is 3.47. The minimum absolute atomic E-state index is 0.322. The Labute approximate surface area is 70.0 Å². The van der Waals surface area contributed by atoms with Crippen LogP contribution in [0.25, 0.3) is 0 Å². The van der Waals surface area contributed by atoms with Crippen LogP contribution in [0.2, 0.25) is 0 Å². The van der Waals surface area contributed by atoms with E-state index in [1.165, 1.54) is 6.26 Å². The van der Waals surface area contributed by atoms with Crippen LogP contribution in [0.15, 0.2) is 22.8 Å². The molecule has 66 valence electrons. The third-order valence-corrected chi connectivity index (χ3v) is 1.71. The Morgan fingerprint density at radius 2 is 2.50 bits per heavy atom. The summed E-state index contributed by atoms with van der Waals surface area (Å²) in [7, 11) is 0. The van der Waals surface area contributed by atoms with Crippen molar-refractivity contribution >= 4 is 5.97 Å². The Morgan fingerprint density at radius 1 is 1.75 bits per heavy atom. The summed E-state index contributed by atoms with van der Waals surface area (Å²) in [6.45, 7) is 0.322. The van der Waals surface area contributed by atoms with Gasteiger partial charge in [0.15, 0.2) is 0 Å². The van der Waals surface area contributed by atoms with Gasteiger partial charge in [-0.3, -0.25) is 0 Å². The molecular formula is C8H11NO3. The van der Waals surface area contributed by atoms with Crippen LogP contribution in [-0.4, -0.2) is 12.5 Å². The Kier molecular flexibility index (Phi) is 2.88. The smallest absolute Gasteiger partial charge is 0.104 e. The Hall–Kier alpha value is -1.29. The van der Waals surface area contributed by atoms with Crippen molar-refractivity contribution in [1.82, 2.24) is 0 Å². The van der Waals surface area contributed by atoms with E-state index >= 15 is 0 Å². The lowest BCUT2D eigenvalue weighted by Gasteiger charge is -2.11. The van der Waals surface area contributed by atoms with Crippen LogP contribution >= 0.6 is 0 Å². The maximum absolute atomic E-state index is 10.5. The van der Waals surface area contributed by atoms with Gasteiger partial charge in [0.1, 0.15) is 5.76 Å². The van der Waals surface area contributed by atoms with Gasteiger partial charge in [0, 0.05) is 6.42 Å². The number of carbonyl (C=O) groups excluding carboxylic acids is 1. The molecule has 0 unspecified atom stereocenters. The molecule has 1 aromatic heterocycles. The molecule has 0 aliphatic rings. The molecule has 0 bridgehead atoms. The lowest BCUT2D eigenvalue weighted by molar-refractivity contribution is -0.387. The first kappa shape index (κ1) is 8.80. The van der Waals surface area contributed by atoms with Crippen molar-refractivity contribution < 1.29 is 20.1 Å². The third-order valence-electron chi connectivity index (χ3n) is 1.71. The first-order valence-corrected chi connectivity index (χ1v) is 3.76. The van der Waals surface area contributed by atoms with Crippen LogP contribution < -0.4 is 10.8 Å². The van der Waals surface area contributed by atoms with Crippen molar-refractivity contribution in [2.45, 2.75) is 6.42 Å². The summed E-state index contributed by atoms with van der Waals surface area (Å²) in [4.78, 5) is 10.5. The highest BCUT2D eigenvalue weighted by molar-refractivity contribution is 5.67. The molecular weight excluding hydrogens is 158 g/mol. The van der Waals surface area contributed by atoms with Gasteiger partial charge in [-0.05, 0) is 12.1 Å². The summed E-state index contributed by atoms with van der Waals surface area (Å²) in [6.07, 6.45) is 1.88. The fraction of sp³-hybridized carbons (Fsp3) is 0.375. The average molecular weight is 169 g/mol. The number of carboxylic acids is 1. The van der Waals surface area contributed by atoms with E-state index in [1.807, 2.05) is 0 Å². The summed E-state index contributed by atoms with van der Waals surface area (Å²) >= 11 is 0. The van der Waals surface area contributed by atoms with Crippen molar-refractivity contribution in [1.29, 1.82) is 0 Å². The number of rotatable bonds is 4. The van der Waals surface area contributed by atoms with Gasteiger partial charge in [0.2, 0.25) is 0 Å². The lowest BCUT2D eigenvalue weighted by atomic mass is 10.1. The summed E-state index contributed by atoms with van der Waals surface area (Å²) in [5.41, 5.74) is 3.53. The van der Waals surface area contributed by atoms with Crippen LogP contribution in [0.1, 0.15) is 5.76 Å². The zero-order valence-electron chi connectivity index (χ0n) is 6.66. The van der Waals surface area contributed by atoms with Gasteiger partial charge in [-0.2, -0.15) is 0 Å². The van der Waals surface area contributed by atoms with Crippen LogP contribution in [0.3, 0.4) is 0 Å². The fourth-order valence-corrected chi connectivity index (χ4v) is 0.975. The van der Waals surface area contributed by atoms with E-state index in [1.54, 1.807) is 12.1 Å². The third kappa shape index (κ3) is 2.10. The van der Waals surface area contributed by atoms with E-state index in [0.717, 1.165) is 0 Å². The van der Waals surface area contributed by atoms with Crippen LogP contribution in [0.4, 0.5) is 0 Å². The highest BCUT2D eigenvalue weighted by atomic mass is 16.4. The second-order valence-electron chi connectivity index (χ2n) is 2.59. The molecule has 0 aliphatic heterocycles. The Morgan fingerprint density at radius 3 is 2.92 bits per heavy atom. The maximum Gasteiger partial charge on any atom is 0.104 e. The van der Waals surface area contributed by atoms with E-state index in [-0.39, 0.29) is 0 Å². The van der Waals surface area contributed by atoms with Gasteiger partial charge in [-0.25, -0.2) is 0 Å². The van der Waals surface area contributed by atoms with Crippen molar-refractivity contribution in [3.05, 3.63) is 24.2 Å². The second-order valence-corrected chi connectivity index (χ2v) is 2.59. The number of aliphatic carboxylic acids is 1. The molecule has 4 heteroatoms. The number of hydrogen-bond donors (Lipinski definition) is 1. The monoisotopic (exact) mass is 169 g/mol. The molecule has 12 heavy (non-hydrogen) atoms. The quantitative estimate of drug-likeness (QED) is 0.591. The normalized spacial score (nSPS) is 12.8. The molecule has 3 N–H and O–H groups in total. The molecule has 0 saturated heterocycles. The van der Waals surface area contributed by atoms with Gasteiger partial charge in [-0.1, -0.05) is 0 Å². The second kappa shape index (κ2) is 3.92. The molecule has 1 aromatic rings. The number of furan rings is 1. The molecule has 1 atom stereocenters. The lowest BCUT2D eigenvalue weighted by Crippen LogP contribution is -2.57. The Balaban J connectivity index is 2.54. The average Bonchev–Trinajstić information content (AvgIpc) is 2.51. The van der Waals surface area contributed by atoms with E-state index in [4.69, 9.17) is 4.42 Å². The van der Waals surface area contributed by atoms with Crippen molar-refractivity contribution in [2.24, 2.45) is 5.92 Å². The van der Waals surface area contributed by atoms with Crippen molar-refractivity contribution in [3.63, 3.8) is 0 Å². The summed E-state index contributed by atoms with van der Waals surface area (Å²) < 4.78 is 5.00. The first-order chi connectivity index (χ1) is 5.74. The molecule has 0 aromatic carbocycles. The molecule has 0 radical (unpaired) electrons. The molecule has 0 spiro atoms. The minimum atomic E-state index is -1.07. The van der Waals surface area contributed by atoms with Gasteiger partial charge in [0.25, 0.3) is 0 Å². The number of carboxylic acid groups (broad SMARTS) is 1. The summed E-state index contributed by atoms with van der Waals surface area (Å²) in [5, 5.41) is 10.5. The first-order valence-electron chi connectivity index (χ1n) is 3.76. The van der Waals surface area contributed by atoms with E-state index < -0.39 is 11.9 Å². The fourth-order valence-electron chi connectivity index (χ4n) is 0.975. The zero-order valence-corrected chi connectivity index (χ0v) is 6.66. The number of quaternary nitrogens is 1. The van der Waals surface area contributed by atoms with Crippen LogP contribution in [0.5, 0.6) is 0 Å². The summed E-state index contributed by atoms with van der Waals surface area (Å²) in [5.74, 6) is -0.953. The largest absolute Gasteiger partial charge is 0.550 e. The molecule has 1 rings (SSSR count). The highest BCUT2D eigenvalue weighted by Crippen LogP contribution is 2.07. The van der Waals surface area contributed by atoms with Gasteiger partial charge < -0.3 is 20.1 Å². The number of carbonyl (C=O) groups is 1. The van der Waals surface area contributed by atoms with Crippen LogP contribution in [0, 0.1) is 5.92 Å². The molecule has 0 amide bonds. The Bertz CT molecular complexity index is 243. The van der Waals surface area contributed by atoms with E-state index in [9.17, 15) is 9.90 Å². The van der Waals surface area contributed by atoms with Gasteiger partial charge >= 0.3 is 0 Å².